The van der Waals surface area contributed by atoms with E-state index in [4.69, 9.17) is 9.92 Å². The molecule has 1 aliphatic carbocycles. The molecule has 8 heteroatoms. The Kier molecular flexibility index (Phi) is 5.73. The number of piperidine rings is 1. The zero-order valence-electron chi connectivity index (χ0n) is 21.3. The molecule has 3 N–H and O–H groups in total. The van der Waals surface area contributed by atoms with Gasteiger partial charge in [-0.1, -0.05) is 44.2 Å². The molecular weight excluding hydrogens is 452 g/mol. The molecule has 6 rings (SSSR count). The number of aromatic amines is 1. The maximum atomic E-state index is 13.6. The normalized spacial score (nSPS) is 24.0. The monoisotopic (exact) mass is 486 g/mol. The molecule has 3 heterocycles. The maximum Gasteiger partial charge on any atom is 0.240 e. The Labute approximate surface area is 211 Å². The first-order valence-electron chi connectivity index (χ1n) is 12.9. The van der Waals surface area contributed by atoms with Gasteiger partial charge >= 0.3 is 0 Å². The average molecular weight is 487 g/mol. The lowest BCUT2D eigenvalue weighted by Gasteiger charge is -2.37. The van der Waals surface area contributed by atoms with Crippen molar-refractivity contribution in [3.05, 3.63) is 60.1 Å². The third kappa shape index (κ3) is 3.85. The summed E-state index contributed by atoms with van der Waals surface area (Å²) in [7, 11) is 3.73. The second-order valence-electron chi connectivity index (χ2n) is 10.6. The summed E-state index contributed by atoms with van der Waals surface area (Å²) in [5, 5.41) is 4.89. The highest BCUT2D eigenvalue weighted by molar-refractivity contribution is 5.85. The SMILES string of the molecule is CNC(C(=O)N1C2CCC(C2)C1c1nc2ccc(-c3ccc(C4=CN(C)ON4)cc3)cc2[nH]1)C(C)C. The van der Waals surface area contributed by atoms with Crippen LogP contribution in [-0.4, -0.2) is 52.0 Å². The first-order chi connectivity index (χ1) is 17.4. The molecule has 0 spiro atoms. The van der Waals surface area contributed by atoms with Crippen LogP contribution in [0.15, 0.2) is 48.7 Å². The van der Waals surface area contributed by atoms with Crippen molar-refractivity contribution >= 4 is 22.6 Å². The van der Waals surface area contributed by atoms with Gasteiger partial charge in [0.05, 0.1) is 35.0 Å². The largest absolute Gasteiger partial charge is 0.340 e. The van der Waals surface area contributed by atoms with Gasteiger partial charge in [-0.15, -0.1) is 0 Å². The highest BCUT2D eigenvalue weighted by Crippen LogP contribution is 2.50. The van der Waals surface area contributed by atoms with Crippen LogP contribution in [0, 0.1) is 11.8 Å². The molecule has 2 aliphatic heterocycles. The Morgan fingerprint density at radius 1 is 1.11 bits per heavy atom. The van der Waals surface area contributed by atoms with Crippen LogP contribution in [0.5, 0.6) is 0 Å². The molecule has 3 aromatic rings. The van der Waals surface area contributed by atoms with E-state index in [1.54, 1.807) is 5.06 Å². The molecule has 1 saturated carbocycles. The Morgan fingerprint density at radius 2 is 1.86 bits per heavy atom. The van der Waals surface area contributed by atoms with Crippen molar-refractivity contribution in [3.8, 4) is 11.1 Å². The van der Waals surface area contributed by atoms with Gasteiger partial charge in [-0.05, 0) is 61.4 Å². The summed E-state index contributed by atoms with van der Waals surface area (Å²) in [5.74, 6) is 1.83. The van der Waals surface area contributed by atoms with Gasteiger partial charge in [0.15, 0.2) is 0 Å². The molecule has 1 amide bonds. The lowest BCUT2D eigenvalue weighted by Crippen LogP contribution is -2.51. The second kappa shape index (κ2) is 8.94. The first kappa shape index (κ1) is 23.1. The summed E-state index contributed by atoms with van der Waals surface area (Å²) >= 11 is 0. The summed E-state index contributed by atoms with van der Waals surface area (Å²) < 4.78 is 0. The third-order valence-corrected chi connectivity index (χ3v) is 8.00. The number of nitrogens with one attached hydrogen (secondary N) is 3. The van der Waals surface area contributed by atoms with Crippen LogP contribution in [-0.2, 0) is 9.73 Å². The molecule has 1 aromatic heterocycles. The van der Waals surface area contributed by atoms with Crippen molar-refractivity contribution in [3.63, 3.8) is 0 Å². The van der Waals surface area contributed by atoms with E-state index in [2.05, 4.69) is 77.0 Å². The molecule has 4 atom stereocenters. The Balaban J connectivity index is 1.29. The van der Waals surface area contributed by atoms with Crippen molar-refractivity contribution in [2.24, 2.45) is 11.8 Å². The van der Waals surface area contributed by atoms with Gasteiger partial charge in [-0.2, -0.15) is 4.94 Å². The molecule has 2 fully saturated rings. The number of benzene rings is 2. The van der Waals surface area contributed by atoms with Gasteiger partial charge in [0.25, 0.3) is 0 Å². The molecule has 2 bridgehead atoms. The minimum Gasteiger partial charge on any atom is -0.340 e. The number of amides is 1. The zero-order valence-corrected chi connectivity index (χ0v) is 21.3. The lowest BCUT2D eigenvalue weighted by atomic mass is 9.95. The summed E-state index contributed by atoms with van der Waals surface area (Å²) in [6.07, 6.45) is 5.24. The summed E-state index contributed by atoms with van der Waals surface area (Å²) in [5.41, 5.74) is 9.12. The number of fused-ring (bicyclic) bond motifs is 3. The van der Waals surface area contributed by atoms with Crippen LogP contribution < -0.4 is 10.8 Å². The van der Waals surface area contributed by atoms with Gasteiger partial charge in [0, 0.05) is 18.7 Å². The molecule has 8 nitrogen and oxygen atoms in total. The van der Waals surface area contributed by atoms with Gasteiger partial charge < -0.3 is 15.2 Å². The lowest BCUT2D eigenvalue weighted by molar-refractivity contribution is -0.139. The summed E-state index contributed by atoms with van der Waals surface area (Å²) in [6, 6.07) is 14.9. The van der Waals surface area contributed by atoms with Gasteiger partial charge in [-0.25, -0.2) is 15.5 Å². The predicted octanol–water partition coefficient (Wildman–Crippen LogP) is 4.21. The molecular formula is C28H34N6O2. The smallest absolute Gasteiger partial charge is 0.240 e. The first-order valence-corrected chi connectivity index (χ1v) is 12.9. The Hall–Kier alpha value is -3.36. The van der Waals surface area contributed by atoms with Crippen molar-refractivity contribution in [1.82, 2.24) is 30.7 Å². The Bertz CT molecular complexity index is 1310. The predicted molar refractivity (Wildman–Crippen MR) is 140 cm³/mol. The van der Waals surface area contributed by atoms with E-state index in [1.165, 1.54) is 0 Å². The summed E-state index contributed by atoms with van der Waals surface area (Å²) in [6.45, 7) is 4.20. The average Bonchev–Trinajstić information content (AvgIpc) is 3.66. The number of nitrogens with zero attached hydrogens (tertiary/aromatic N) is 3. The Morgan fingerprint density at radius 3 is 2.56 bits per heavy atom. The van der Waals surface area contributed by atoms with E-state index < -0.39 is 0 Å². The molecule has 1 saturated heterocycles. The number of likely N-dealkylation sites (tertiary alicyclic amines) is 1. The van der Waals surface area contributed by atoms with Crippen molar-refractivity contribution in [2.75, 3.05) is 14.1 Å². The highest BCUT2D eigenvalue weighted by atomic mass is 16.8. The van der Waals surface area contributed by atoms with Crippen molar-refractivity contribution < 1.29 is 9.73 Å². The number of aromatic nitrogens is 2. The topological polar surface area (TPSA) is 85.5 Å². The number of carbonyl (C=O) groups is 1. The van der Waals surface area contributed by atoms with Crippen LogP contribution in [0.3, 0.4) is 0 Å². The minimum absolute atomic E-state index is 0.0218. The molecule has 36 heavy (non-hydrogen) atoms. The zero-order chi connectivity index (χ0) is 25.0. The number of imidazole rings is 1. The van der Waals surface area contributed by atoms with Crippen LogP contribution in [0.4, 0.5) is 0 Å². The number of hydrogen-bond acceptors (Lipinski definition) is 6. The van der Waals surface area contributed by atoms with E-state index in [0.29, 0.717) is 12.0 Å². The van der Waals surface area contributed by atoms with Gasteiger partial charge in [0.1, 0.15) is 5.82 Å². The van der Waals surface area contributed by atoms with Crippen LogP contribution >= 0.6 is 0 Å². The fourth-order valence-corrected chi connectivity index (χ4v) is 6.24. The van der Waals surface area contributed by atoms with E-state index >= 15 is 0 Å². The number of hydrogen-bond donors (Lipinski definition) is 3. The van der Waals surface area contributed by atoms with Crippen LogP contribution in [0.1, 0.15) is 50.5 Å². The third-order valence-electron chi connectivity index (χ3n) is 8.00. The molecule has 188 valence electrons. The molecule has 0 radical (unpaired) electrons. The highest BCUT2D eigenvalue weighted by Gasteiger charge is 2.51. The van der Waals surface area contributed by atoms with E-state index in [0.717, 1.165) is 58.5 Å². The maximum absolute atomic E-state index is 13.6. The van der Waals surface area contributed by atoms with Crippen molar-refractivity contribution in [2.45, 2.75) is 51.2 Å². The molecule has 2 aromatic carbocycles. The number of hydroxylamine groups is 3. The fraction of sp³-hybridized carbons (Fsp3) is 0.429. The van der Waals surface area contributed by atoms with E-state index in [1.807, 2.05) is 20.3 Å². The quantitative estimate of drug-likeness (QED) is 0.484. The van der Waals surface area contributed by atoms with Crippen LogP contribution in [0.25, 0.3) is 27.9 Å². The standard InChI is InChI=1S/C28H34N6O2/c1-16(2)25(29-3)28(35)34-21-11-9-20(13-21)26(34)27-30-22-12-10-19(14-23(22)31-27)17-5-7-18(8-6-17)24-15-33(4)36-32-24/h5-8,10,12,14-16,20-21,25-26,29,32H,9,11,13H2,1-4H3,(H,30,31). The van der Waals surface area contributed by atoms with Gasteiger partial charge in [-0.3, -0.25) is 4.79 Å². The van der Waals surface area contributed by atoms with Gasteiger partial charge in [0.2, 0.25) is 5.91 Å². The number of H-pyrrole nitrogens is 1. The second-order valence-corrected chi connectivity index (χ2v) is 10.6. The minimum atomic E-state index is -0.173. The van der Waals surface area contributed by atoms with E-state index in [9.17, 15) is 4.79 Å². The molecule has 3 aliphatic rings. The van der Waals surface area contributed by atoms with E-state index in [-0.39, 0.29) is 23.9 Å². The molecule has 4 unspecified atom stereocenters. The fourth-order valence-electron chi connectivity index (χ4n) is 6.24. The van der Waals surface area contributed by atoms with Crippen LogP contribution in [0.2, 0.25) is 0 Å². The summed E-state index contributed by atoms with van der Waals surface area (Å²) in [4.78, 5) is 29.6. The number of likely N-dealkylation sites (N-methyl/N-ethyl adjacent to an activating group) is 1. The number of rotatable bonds is 6. The number of carbonyl (C=O) groups excluding carboxylic acids is 1. The van der Waals surface area contributed by atoms with Crippen molar-refractivity contribution in [1.29, 1.82) is 0 Å².